The molecule has 1 aliphatic heterocycles. The number of carbonyl (C=O) groups excluding carboxylic acids is 1. The number of nitrogens with two attached hydrogens (primary N) is 1. The molecule has 2 heterocycles. The third kappa shape index (κ3) is 6.25. The van der Waals surface area contributed by atoms with E-state index >= 15 is 0 Å². The van der Waals surface area contributed by atoms with Gasteiger partial charge in [-0.15, -0.1) is 0 Å². The van der Waals surface area contributed by atoms with Crippen LogP contribution in [-0.2, 0) is 21.9 Å². The van der Waals surface area contributed by atoms with Crippen LogP contribution in [0.2, 0.25) is 0 Å². The highest BCUT2D eigenvalue weighted by Gasteiger charge is 2.31. The maximum Gasteiger partial charge on any atom is 0.446 e. The first-order chi connectivity index (χ1) is 15.2. The Bertz CT molecular complexity index is 1210. The van der Waals surface area contributed by atoms with Gasteiger partial charge in [0.05, 0.1) is 16.8 Å². The number of rotatable bonds is 7. The van der Waals surface area contributed by atoms with Gasteiger partial charge in [0.25, 0.3) is 5.91 Å². The first-order valence-corrected chi connectivity index (χ1v) is 12.0. The van der Waals surface area contributed by atoms with Crippen LogP contribution in [0.4, 0.5) is 5.69 Å². The second-order valence-electron chi connectivity index (χ2n) is 7.92. The van der Waals surface area contributed by atoms with Gasteiger partial charge in [0.15, 0.2) is 17.3 Å². The summed E-state index contributed by atoms with van der Waals surface area (Å²) in [5.74, 6) is -1.10. The van der Waals surface area contributed by atoms with Gasteiger partial charge >= 0.3 is 10.4 Å². The molecule has 0 fully saturated rings. The summed E-state index contributed by atoms with van der Waals surface area (Å²) in [6.07, 6.45) is 0. The van der Waals surface area contributed by atoms with Crippen LogP contribution in [0, 0.1) is 13.8 Å². The highest BCUT2D eigenvalue weighted by molar-refractivity contribution is 7.91. The largest absolute Gasteiger partial charge is 0.566 e. The molecule has 3 rings (SSSR count). The molecule has 1 aliphatic rings. The summed E-state index contributed by atoms with van der Waals surface area (Å²) in [4.78, 5) is 17.0. The van der Waals surface area contributed by atoms with Crippen molar-refractivity contribution in [1.82, 2.24) is 10.3 Å². The molecule has 1 aromatic heterocycles. The lowest BCUT2D eigenvalue weighted by atomic mass is 10.1. The molecule has 0 aliphatic carbocycles. The smallest absolute Gasteiger partial charge is 0.446 e. The number of hydrogen-bond donors (Lipinski definition) is 4. The molecular weight excluding hydrogens is 474 g/mol. The van der Waals surface area contributed by atoms with Gasteiger partial charge in [-0.3, -0.25) is 14.3 Å². The molecule has 0 saturated carbocycles. The quantitative estimate of drug-likeness (QED) is 0.319. The molecule has 1 atom stereocenters. The van der Waals surface area contributed by atoms with Crippen molar-refractivity contribution >= 4 is 39.4 Å². The number of carbonyl (C=O) groups is 1. The minimum absolute atomic E-state index is 0.0956. The van der Waals surface area contributed by atoms with E-state index in [0.29, 0.717) is 17.0 Å². The fourth-order valence-electron chi connectivity index (χ4n) is 3.11. The molecule has 1 amide bonds. The minimum atomic E-state index is -4.89. The Hall–Kier alpha value is -3.07. The fourth-order valence-corrected chi connectivity index (χ4v) is 4.14. The summed E-state index contributed by atoms with van der Waals surface area (Å²) >= 11 is -1.83. The highest BCUT2D eigenvalue weighted by atomic mass is 32.3. The predicted octanol–water partition coefficient (Wildman–Crippen LogP) is 1.18. The van der Waals surface area contributed by atoms with Crippen LogP contribution in [0.15, 0.2) is 28.7 Å². The number of amides is 1. The van der Waals surface area contributed by atoms with Crippen molar-refractivity contribution in [2.45, 2.75) is 33.2 Å². The monoisotopic (exact) mass is 497 g/mol. The average molecular weight is 498 g/mol. The van der Waals surface area contributed by atoms with Gasteiger partial charge in [-0.25, -0.2) is 0 Å². The van der Waals surface area contributed by atoms with Gasteiger partial charge < -0.3 is 24.5 Å². The lowest BCUT2D eigenvalue weighted by molar-refractivity contribution is 0.0880. The van der Waals surface area contributed by atoms with Crippen molar-refractivity contribution in [3.8, 4) is 11.5 Å². The average Bonchev–Trinajstić information content (AvgIpc) is 2.64. The van der Waals surface area contributed by atoms with Gasteiger partial charge in [-0.05, 0) is 56.4 Å². The molecule has 1 aromatic carbocycles. The summed E-state index contributed by atoms with van der Waals surface area (Å²) in [5.41, 5.74) is 7.09. The Kier molecular flexibility index (Phi) is 6.74. The minimum Gasteiger partial charge on any atom is -0.566 e. The maximum absolute atomic E-state index is 12.7. The van der Waals surface area contributed by atoms with Crippen molar-refractivity contribution in [3.05, 3.63) is 46.8 Å². The zero-order valence-electron chi connectivity index (χ0n) is 18.2. The first-order valence-electron chi connectivity index (χ1n) is 9.52. The van der Waals surface area contributed by atoms with Gasteiger partial charge in [-0.2, -0.15) is 13.1 Å². The van der Waals surface area contributed by atoms with Gasteiger partial charge in [0.1, 0.15) is 6.61 Å². The van der Waals surface area contributed by atoms with Crippen molar-refractivity contribution in [3.63, 3.8) is 0 Å². The van der Waals surface area contributed by atoms with E-state index < -0.39 is 27.5 Å². The van der Waals surface area contributed by atoms with E-state index in [1.54, 1.807) is 39.8 Å². The van der Waals surface area contributed by atoms with Crippen molar-refractivity contribution in [2.24, 2.45) is 10.1 Å². The SMILES string of the molecule is Cc1cc(C(=O)NC(C)(C)COc2c(OS(=O)(=O)O)ccc3c2C(N)=N[S+]([O-])N3)cc(C)n1. The summed E-state index contributed by atoms with van der Waals surface area (Å²) < 4.78 is 60.2. The van der Waals surface area contributed by atoms with Crippen LogP contribution in [0.25, 0.3) is 0 Å². The highest BCUT2D eigenvalue weighted by Crippen LogP contribution is 2.39. The van der Waals surface area contributed by atoms with Crippen LogP contribution in [0.1, 0.15) is 41.2 Å². The molecule has 0 spiro atoms. The summed E-state index contributed by atoms with van der Waals surface area (Å²) in [6, 6.07) is 5.84. The van der Waals surface area contributed by atoms with Gasteiger partial charge in [-0.1, -0.05) is 0 Å². The molecule has 178 valence electrons. The molecule has 14 heteroatoms. The first kappa shape index (κ1) is 24.6. The third-order valence-electron chi connectivity index (χ3n) is 4.32. The number of hydrogen-bond acceptors (Lipinski definition) is 10. The van der Waals surface area contributed by atoms with E-state index in [1.807, 2.05) is 0 Å². The Labute approximate surface area is 194 Å². The Morgan fingerprint density at radius 2 is 1.94 bits per heavy atom. The number of aryl methyl sites for hydroxylation is 2. The third-order valence-corrected chi connectivity index (χ3v) is 5.47. The van der Waals surface area contributed by atoms with Crippen LogP contribution in [0.5, 0.6) is 11.5 Å². The molecule has 33 heavy (non-hydrogen) atoms. The molecule has 12 nitrogen and oxygen atoms in total. The number of pyridine rings is 1. The number of ether oxygens (including phenoxy) is 1. The van der Waals surface area contributed by atoms with Crippen LogP contribution >= 0.6 is 0 Å². The predicted molar refractivity (Wildman–Crippen MR) is 122 cm³/mol. The molecular formula is C19H23N5O7S2. The van der Waals surface area contributed by atoms with E-state index in [0.717, 1.165) is 0 Å². The second-order valence-corrected chi connectivity index (χ2v) is 9.83. The number of nitrogens with one attached hydrogen (secondary N) is 2. The second kappa shape index (κ2) is 9.05. The molecule has 1 unspecified atom stereocenters. The number of benzene rings is 1. The Balaban J connectivity index is 1.88. The fraction of sp³-hybridized carbons (Fsp3) is 0.316. The van der Waals surface area contributed by atoms with Crippen molar-refractivity contribution in [1.29, 1.82) is 0 Å². The summed E-state index contributed by atoms with van der Waals surface area (Å²) in [6.45, 7) is 6.78. The van der Waals surface area contributed by atoms with Gasteiger partial charge in [0, 0.05) is 17.0 Å². The summed E-state index contributed by atoms with van der Waals surface area (Å²) in [5, 5.41) is 2.84. The number of fused-ring (bicyclic) bond motifs is 1. The van der Waals surface area contributed by atoms with E-state index in [-0.39, 0.29) is 41.1 Å². The number of aromatic nitrogens is 1. The molecule has 5 N–H and O–H groups in total. The number of anilines is 1. The topological polar surface area (TPSA) is 188 Å². The molecule has 0 radical (unpaired) electrons. The normalized spacial score (nSPS) is 15.7. The lowest BCUT2D eigenvalue weighted by Crippen LogP contribution is -2.48. The Morgan fingerprint density at radius 3 is 2.55 bits per heavy atom. The zero-order chi connectivity index (χ0) is 24.6. The van der Waals surface area contributed by atoms with Crippen molar-refractivity contribution < 1.29 is 31.2 Å². The van der Waals surface area contributed by atoms with E-state index in [2.05, 4.69) is 23.6 Å². The number of nitrogens with zero attached hydrogens (tertiary/aromatic N) is 2. The standard InChI is InChI=1S/C19H23N5O7S2/c1-10-7-12(8-11(2)21-10)18(25)22-19(3,4)9-30-16-14(31-33(27,28)29)6-5-13-15(16)17(20)24-32(26)23-13/h5-8,23H,9H2,1-4H3,(H2,20,24)(H,22,25)(H,27,28,29). The number of amidine groups is 1. The van der Waals surface area contributed by atoms with Crippen LogP contribution in [0.3, 0.4) is 0 Å². The maximum atomic E-state index is 12.7. The Morgan fingerprint density at radius 1 is 1.30 bits per heavy atom. The van der Waals surface area contributed by atoms with Crippen LogP contribution in [-0.4, -0.2) is 46.4 Å². The van der Waals surface area contributed by atoms with E-state index in [9.17, 15) is 17.8 Å². The van der Waals surface area contributed by atoms with E-state index in [1.165, 1.54) is 12.1 Å². The zero-order valence-corrected chi connectivity index (χ0v) is 19.8. The molecule has 2 aromatic rings. The van der Waals surface area contributed by atoms with Crippen LogP contribution < -0.4 is 24.7 Å². The van der Waals surface area contributed by atoms with Crippen molar-refractivity contribution in [2.75, 3.05) is 11.3 Å². The lowest BCUT2D eigenvalue weighted by Gasteiger charge is -2.28. The molecule has 0 bridgehead atoms. The molecule has 0 saturated heterocycles. The summed E-state index contributed by atoms with van der Waals surface area (Å²) in [7, 11) is -4.89. The van der Waals surface area contributed by atoms with E-state index in [4.69, 9.17) is 15.0 Å². The van der Waals surface area contributed by atoms with Gasteiger partial charge in [0.2, 0.25) is 11.5 Å².